The van der Waals surface area contributed by atoms with Crippen LogP contribution < -0.4 is 16.8 Å². The molecular formula is C30H40N4O3. The molecule has 7 nitrogen and oxygen atoms in total. The van der Waals surface area contributed by atoms with Crippen LogP contribution in [0.3, 0.4) is 0 Å². The fourth-order valence-corrected chi connectivity index (χ4v) is 6.19. The summed E-state index contributed by atoms with van der Waals surface area (Å²) in [4.78, 5) is 39.8. The Kier molecular flexibility index (Phi) is 8.64. The Labute approximate surface area is 220 Å². The SMILES string of the molecule is CC(C)C[C@H](NC(=O)[C@@H](Cc1ccccc1)CN1[C@@H]2CC[C@H]1C[C@@H](c1cccc(C(N)=O)c1)C2)C(N)=O. The largest absolute Gasteiger partial charge is 0.368 e. The molecule has 5 atom stereocenters. The van der Waals surface area contributed by atoms with Gasteiger partial charge in [0.2, 0.25) is 17.7 Å². The second kappa shape index (κ2) is 11.9. The van der Waals surface area contributed by atoms with Crippen molar-refractivity contribution in [3.8, 4) is 0 Å². The van der Waals surface area contributed by atoms with E-state index in [2.05, 4.69) is 16.3 Å². The third kappa shape index (κ3) is 6.77. The molecule has 2 bridgehead atoms. The number of hydrogen-bond acceptors (Lipinski definition) is 4. The number of nitrogens with two attached hydrogens (primary N) is 2. The number of carbonyl (C=O) groups excluding carboxylic acids is 3. The predicted molar refractivity (Wildman–Crippen MR) is 145 cm³/mol. The maximum absolute atomic E-state index is 13.5. The average Bonchev–Trinajstić information content (AvgIpc) is 3.09. The van der Waals surface area contributed by atoms with Gasteiger partial charge in [-0.25, -0.2) is 0 Å². The molecule has 3 amide bonds. The molecule has 2 aliphatic rings. The fourth-order valence-electron chi connectivity index (χ4n) is 6.19. The van der Waals surface area contributed by atoms with Gasteiger partial charge in [-0.2, -0.15) is 0 Å². The highest BCUT2D eigenvalue weighted by molar-refractivity contribution is 5.93. The van der Waals surface area contributed by atoms with Crippen LogP contribution >= 0.6 is 0 Å². The van der Waals surface area contributed by atoms with Crippen LogP contribution in [0, 0.1) is 11.8 Å². The van der Waals surface area contributed by atoms with E-state index in [-0.39, 0.29) is 17.7 Å². The smallest absolute Gasteiger partial charge is 0.248 e. The van der Waals surface area contributed by atoms with Crippen LogP contribution in [0.2, 0.25) is 0 Å². The molecule has 7 heteroatoms. The summed E-state index contributed by atoms with van der Waals surface area (Å²) >= 11 is 0. The van der Waals surface area contributed by atoms with E-state index in [0.717, 1.165) is 31.2 Å². The molecule has 2 aliphatic heterocycles. The molecule has 0 unspecified atom stereocenters. The highest BCUT2D eigenvalue weighted by atomic mass is 16.2. The Hall–Kier alpha value is -3.19. The maximum atomic E-state index is 13.5. The summed E-state index contributed by atoms with van der Waals surface area (Å²) in [5.41, 5.74) is 14.0. The summed E-state index contributed by atoms with van der Waals surface area (Å²) in [5.74, 6) is -0.658. The zero-order chi connectivity index (χ0) is 26.5. The van der Waals surface area contributed by atoms with Gasteiger partial charge in [0, 0.05) is 24.2 Å². The monoisotopic (exact) mass is 504 g/mol. The van der Waals surface area contributed by atoms with Gasteiger partial charge in [-0.1, -0.05) is 56.3 Å². The number of benzene rings is 2. The summed E-state index contributed by atoms with van der Waals surface area (Å²) in [6.07, 6.45) is 5.34. The van der Waals surface area contributed by atoms with Crippen molar-refractivity contribution in [2.45, 2.75) is 76.4 Å². The van der Waals surface area contributed by atoms with E-state index in [1.807, 2.05) is 56.3 Å². The minimum absolute atomic E-state index is 0.107. The third-order valence-electron chi connectivity index (χ3n) is 8.02. The molecule has 2 aromatic rings. The topological polar surface area (TPSA) is 119 Å². The molecule has 0 aliphatic carbocycles. The summed E-state index contributed by atoms with van der Waals surface area (Å²) in [6, 6.07) is 17.9. The molecule has 4 rings (SSSR count). The Morgan fingerprint density at radius 2 is 1.65 bits per heavy atom. The van der Waals surface area contributed by atoms with Crippen molar-refractivity contribution in [3.05, 3.63) is 71.3 Å². The molecule has 0 spiro atoms. The maximum Gasteiger partial charge on any atom is 0.248 e. The first-order valence-electron chi connectivity index (χ1n) is 13.5. The number of primary amides is 2. The van der Waals surface area contributed by atoms with Crippen LogP contribution in [-0.2, 0) is 16.0 Å². The van der Waals surface area contributed by atoms with E-state index >= 15 is 0 Å². The molecule has 0 saturated carbocycles. The number of amides is 3. The highest BCUT2D eigenvalue weighted by Gasteiger charge is 2.42. The minimum Gasteiger partial charge on any atom is -0.368 e. The first-order valence-corrected chi connectivity index (χ1v) is 13.5. The Morgan fingerprint density at radius 3 is 2.24 bits per heavy atom. The number of hydrogen-bond donors (Lipinski definition) is 3. The first-order chi connectivity index (χ1) is 17.7. The van der Waals surface area contributed by atoms with E-state index in [1.165, 1.54) is 5.56 Å². The van der Waals surface area contributed by atoms with Gasteiger partial charge >= 0.3 is 0 Å². The van der Waals surface area contributed by atoms with Gasteiger partial charge in [0.1, 0.15) is 6.04 Å². The predicted octanol–water partition coefficient (Wildman–Crippen LogP) is 3.37. The summed E-state index contributed by atoms with van der Waals surface area (Å²) in [5, 5.41) is 2.98. The van der Waals surface area contributed by atoms with Gasteiger partial charge in [0.05, 0.1) is 5.92 Å². The minimum atomic E-state index is -0.661. The lowest BCUT2D eigenvalue weighted by Gasteiger charge is -2.41. The van der Waals surface area contributed by atoms with Crippen molar-refractivity contribution >= 4 is 17.7 Å². The van der Waals surface area contributed by atoms with Crippen LogP contribution in [0.15, 0.2) is 54.6 Å². The molecule has 2 saturated heterocycles. The van der Waals surface area contributed by atoms with Gasteiger partial charge in [-0.3, -0.25) is 19.3 Å². The summed E-state index contributed by atoms with van der Waals surface area (Å²) in [6.45, 7) is 4.69. The molecule has 2 fully saturated rings. The Morgan fingerprint density at radius 1 is 0.973 bits per heavy atom. The zero-order valence-electron chi connectivity index (χ0n) is 21.9. The number of carbonyl (C=O) groups is 3. The van der Waals surface area contributed by atoms with Crippen LogP contribution in [-0.4, -0.2) is 47.3 Å². The second-order valence-corrected chi connectivity index (χ2v) is 11.2. The first kappa shape index (κ1) is 26.9. The Bertz CT molecular complexity index is 1090. The van der Waals surface area contributed by atoms with E-state index in [4.69, 9.17) is 11.5 Å². The molecular weight excluding hydrogens is 464 g/mol. The van der Waals surface area contributed by atoms with E-state index in [9.17, 15) is 14.4 Å². The number of piperidine rings is 1. The lowest BCUT2D eigenvalue weighted by atomic mass is 9.83. The number of nitrogens with one attached hydrogen (secondary N) is 1. The average molecular weight is 505 g/mol. The summed E-state index contributed by atoms with van der Waals surface area (Å²) in [7, 11) is 0. The Balaban J connectivity index is 1.49. The van der Waals surface area contributed by atoms with Crippen molar-refractivity contribution in [1.29, 1.82) is 0 Å². The van der Waals surface area contributed by atoms with Crippen molar-refractivity contribution in [2.75, 3.05) is 6.54 Å². The molecule has 0 aromatic heterocycles. The fraction of sp³-hybridized carbons (Fsp3) is 0.500. The number of rotatable bonds is 11. The van der Waals surface area contributed by atoms with E-state index < -0.39 is 17.9 Å². The third-order valence-corrected chi connectivity index (χ3v) is 8.02. The van der Waals surface area contributed by atoms with E-state index in [0.29, 0.717) is 43.0 Å². The van der Waals surface area contributed by atoms with Crippen LogP contribution in [0.5, 0.6) is 0 Å². The lowest BCUT2D eigenvalue weighted by molar-refractivity contribution is -0.131. The highest BCUT2D eigenvalue weighted by Crippen LogP contribution is 2.43. The molecule has 2 heterocycles. The standard InChI is InChI=1S/C30H40N4O3/c1-19(2)13-27(29(32)36)33-30(37)24(14-20-7-4-3-5-8-20)18-34-25-11-12-26(34)17-23(16-25)21-9-6-10-22(15-21)28(31)35/h3-10,15,19,23-27H,11-14,16-18H2,1-2H3,(H2,31,35)(H2,32,36)(H,33,37)/t23-,24-,25+,26-,27-/m0/s1. The van der Waals surface area contributed by atoms with Gasteiger partial charge in [0.25, 0.3) is 0 Å². The van der Waals surface area contributed by atoms with Crippen molar-refractivity contribution < 1.29 is 14.4 Å². The molecule has 5 N–H and O–H groups in total. The number of nitrogens with zero attached hydrogens (tertiary/aromatic N) is 1. The van der Waals surface area contributed by atoms with Gasteiger partial charge in [-0.05, 0) is 73.6 Å². The van der Waals surface area contributed by atoms with E-state index in [1.54, 1.807) is 6.07 Å². The molecule has 0 radical (unpaired) electrons. The molecule has 198 valence electrons. The van der Waals surface area contributed by atoms with Crippen LogP contribution in [0.1, 0.15) is 73.4 Å². The van der Waals surface area contributed by atoms with Gasteiger partial charge < -0.3 is 16.8 Å². The number of fused-ring (bicyclic) bond motifs is 2. The van der Waals surface area contributed by atoms with Crippen LogP contribution in [0.4, 0.5) is 0 Å². The van der Waals surface area contributed by atoms with Crippen molar-refractivity contribution in [1.82, 2.24) is 10.2 Å². The van der Waals surface area contributed by atoms with Crippen LogP contribution in [0.25, 0.3) is 0 Å². The summed E-state index contributed by atoms with van der Waals surface area (Å²) < 4.78 is 0. The zero-order valence-corrected chi connectivity index (χ0v) is 21.9. The van der Waals surface area contributed by atoms with Gasteiger partial charge in [0.15, 0.2) is 0 Å². The second-order valence-electron chi connectivity index (χ2n) is 11.2. The molecule has 37 heavy (non-hydrogen) atoms. The van der Waals surface area contributed by atoms with Gasteiger partial charge in [-0.15, -0.1) is 0 Å². The quantitative estimate of drug-likeness (QED) is 0.435. The normalized spacial score (nSPS) is 22.9. The van der Waals surface area contributed by atoms with Crippen molar-refractivity contribution in [2.24, 2.45) is 23.3 Å². The molecule has 2 aromatic carbocycles. The van der Waals surface area contributed by atoms with Crippen molar-refractivity contribution in [3.63, 3.8) is 0 Å². The lowest BCUT2D eigenvalue weighted by Crippen LogP contribution is -2.51.